The Morgan fingerprint density at radius 1 is 1.53 bits per heavy atom. The van der Waals surface area contributed by atoms with Gasteiger partial charge in [-0.2, -0.15) is 5.10 Å². The van der Waals surface area contributed by atoms with Crippen molar-refractivity contribution < 1.29 is 9.53 Å². The first kappa shape index (κ1) is 11.5. The van der Waals surface area contributed by atoms with Crippen molar-refractivity contribution in [2.45, 2.75) is 13.3 Å². The molecule has 0 aromatic carbocycles. The molecule has 2 aromatic rings. The first-order valence-electron chi connectivity index (χ1n) is 5.45. The van der Waals surface area contributed by atoms with E-state index in [1.165, 1.54) is 6.20 Å². The van der Waals surface area contributed by atoms with Gasteiger partial charge in [-0.25, -0.2) is 14.3 Å². The van der Waals surface area contributed by atoms with E-state index in [2.05, 4.69) is 10.1 Å². The highest BCUT2D eigenvalue weighted by atomic mass is 16.5. The summed E-state index contributed by atoms with van der Waals surface area (Å²) in [4.78, 5) is 15.8. The Morgan fingerprint density at radius 3 is 3.06 bits per heavy atom. The lowest BCUT2D eigenvalue weighted by molar-refractivity contribution is 0.0528. The van der Waals surface area contributed by atoms with Crippen LogP contribution in [0, 0.1) is 0 Å². The molecule has 0 fully saturated rings. The lowest BCUT2D eigenvalue weighted by Crippen LogP contribution is -2.06. The summed E-state index contributed by atoms with van der Waals surface area (Å²) in [6.45, 7) is 2.65. The number of ether oxygens (including phenoxy) is 1. The van der Waals surface area contributed by atoms with Gasteiger partial charge in [-0.3, -0.25) is 0 Å². The van der Waals surface area contributed by atoms with Crippen LogP contribution in [0.4, 0.5) is 0 Å². The van der Waals surface area contributed by atoms with Gasteiger partial charge in [0.15, 0.2) is 5.65 Å². The van der Waals surface area contributed by atoms with Crippen LogP contribution in [-0.2, 0) is 11.2 Å². The minimum Gasteiger partial charge on any atom is -0.462 e. The number of carbonyl (C=O) groups is 1. The predicted octanol–water partition coefficient (Wildman–Crippen LogP) is 0.407. The molecule has 6 heteroatoms. The van der Waals surface area contributed by atoms with Crippen molar-refractivity contribution in [2.24, 2.45) is 5.73 Å². The fourth-order valence-electron chi connectivity index (χ4n) is 1.56. The third-order valence-electron chi connectivity index (χ3n) is 2.34. The highest BCUT2D eigenvalue weighted by Crippen LogP contribution is 2.10. The molecule has 90 valence electrons. The number of rotatable bonds is 4. The van der Waals surface area contributed by atoms with E-state index < -0.39 is 5.97 Å². The lowest BCUT2D eigenvalue weighted by atomic mass is 10.2. The van der Waals surface area contributed by atoms with Crippen LogP contribution >= 0.6 is 0 Å². The SMILES string of the molecule is CCOC(=O)c1cnn2cc(CCN)cnc12. The van der Waals surface area contributed by atoms with Crippen LogP contribution in [0.5, 0.6) is 0 Å². The number of nitrogens with zero attached hydrogens (tertiary/aromatic N) is 3. The molecule has 0 atom stereocenters. The van der Waals surface area contributed by atoms with E-state index in [9.17, 15) is 4.79 Å². The number of carbonyl (C=O) groups excluding carboxylic acids is 1. The number of nitrogens with two attached hydrogens (primary N) is 1. The smallest absolute Gasteiger partial charge is 0.343 e. The van der Waals surface area contributed by atoms with Crippen molar-refractivity contribution in [3.8, 4) is 0 Å². The van der Waals surface area contributed by atoms with Crippen molar-refractivity contribution in [3.05, 3.63) is 29.7 Å². The van der Waals surface area contributed by atoms with E-state index in [0.29, 0.717) is 24.4 Å². The molecule has 0 radical (unpaired) electrons. The van der Waals surface area contributed by atoms with Crippen molar-refractivity contribution >= 4 is 11.6 Å². The molecule has 0 amide bonds. The molecule has 0 aliphatic heterocycles. The molecule has 0 aliphatic rings. The van der Waals surface area contributed by atoms with Gasteiger partial charge in [0.1, 0.15) is 5.56 Å². The van der Waals surface area contributed by atoms with E-state index in [4.69, 9.17) is 10.5 Å². The fraction of sp³-hybridized carbons (Fsp3) is 0.364. The second kappa shape index (κ2) is 4.92. The number of fused-ring (bicyclic) bond motifs is 1. The zero-order valence-electron chi connectivity index (χ0n) is 9.59. The van der Waals surface area contributed by atoms with Crippen LogP contribution in [0.1, 0.15) is 22.8 Å². The van der Waals surface area contributed by atoms with Gasteiger partial charge in [-0.1, -0.05) is 0 Å². The molecule has 0 aliphatic carbocycles. The average molecular weight is 234 g/mol. The Balaban J connectivity index is 2.38. The summed E-state index contributed by atoms with van der Waals surface area (Å²) in [5.41, 5.74) is 7.34. The lowest BCUT2D eigenvalue weighted by Gasteiger charge is -2.01. The molecule has 2 aromatic heterocycles. The minimum atomic E-state index is -0.401. The van der Waals surface area contributed by atoms with Crippen molar-refractivity contribution in [3.63, 3.8) is 0 Å². The Kier molecular flexibility index (Phi) is 3.34. The number of hydrogen-bond acceptors (Lipinski definition) is 5. The normalized spacial score (nSPS) is 10.7. The average Bonchev–Trinajstić information content (AvgIpc) is 2.73. The molecular weight excluding hydrogens is 220 g/mol. The monoisotopic (exact) mass is 234 g/mol. The van der Waals surface area contributed by atoms with Crippen LogP contribution in [0.15, 0.2) is 18.6 Å². The molecule has 17 heavy (non-hydrogen) atoms. The fourth-order valence-corrected chi connectivity index (χ4v) is 1.56. The minimum absolute atomic E-state index is 0.335. The van der Waals surface area contributed by atoms with E-state index in [1.54, 1.807) is 17.6 Å². The van der Waals surface area contributed by atoms with E-state index in [0.717, 1.165) is 12.0 Å². The van der Waals surface area contributed by atoms with Crippen molar-refractivity contribution in [1.29, 1.82) is 0 Å². The summed E-state index contributed by atoms with van der Waals surface area (Å²) in [7, 11) is 0. The van der Waals surface area contributed by atoms with Gasteiger partial charge < -0.3 is 10.5 Å². The Labute approximate surface area is 98.4 Å². The second-order valence-corrected chi connectivity index (χ2v) is 3.55. The van der Waals surface area contributed by atoms with E-state index >= 15 is 0 Å². The van der Waals surface area contributed by atoms with Crippen LogP contribution in [-0.4, -0.2) is 33.7 Å². The maximum absolute atomic E-state index is 11.6. The van der Waals surface area contributed by atoms with Crippen LogP contribution < -0.4 is 5.73 Å². The molecule has 2 N–H and O–H groups in total. The molecule has 2 rings (SSSR count). The maximum atomic E-state index is 11.6. The highest BCUT2D eigenvalue weighted by molar-refractivity contribution is 5.95. The quantitative estimate of drug-likeness (QED) is 0.774. The topological polar surface area (TPSA) is 82.5 Å². The second-order valence-electron chi connectivity index (χ2n) is 3.55. The van der Waals surface area contributed by atoms with E-state index in [-0.39, 0.29) is 0 Å². The van der Waals surface area contributed by atoms with Crippen LogP contribution in [0.25, 0.3) is 5.65 Å². The zero-order valence-corrected chi connectivity index (χ0v) is 9.59. The summed E-state index contributed by atoms with van der Waals surface area (Å²) in [5.74, 6) is -0.401. The van der Waals surface area contributed by atoms with Crippen LogP contribution in [0.3, 0.4) is 0 Å². The molecular formula is C11H14N4O2. The van der Waals surface area contributed by atoms with Gasteiger partial charge in [0.05, 0.1) is 12.8 Å². The number of hydrogen-bond donors (Lipinski definition) is 1. The molecule has 0 saturated heterocycles. The summed E-state index contributed by atoms with van der Waals surface area (Å²) < 4.78 is 6.49. The summed E-state index contributed by atoms with van der Waals surface area (Å²) >= 11 is 0. The summed E-state index contributed by atoms with van der Waals surface area (Å²) in [5, 5.41) is 4.08. The Morgan fingerprint density at radius 2 is 2.35 bits per heavy atom. The predicted molar refractivity (Wildman–Crippen MR) is 61.7 cm³/mol. The summed E-state index contributed by atoms with van der Waals surface area (Å²) in [6, 6.07) is 0. The maximum Gasteiger partial charge on any atom is 0.343 e. The van der Waals surface area contributed by atoms with Gasteiger partial charge in [-0.05, 0) is 25.5 Å². The first-order chi connectivity index (χ1) is 8.26. The zero-order chi connectivity index (χ0) is 12.3. The van der Waals surface area contributed by atoms with Gasteiger partial charge in [0.2, 0.25) is 0 Å². The Bertz CT molecular complexity index is 535. The van der Waals surface area contributed by atoms with Crippen LogP contribution in [0.2, 0.25) is 0 Å². The van der Waals surface area contributed by atoms with Gasteiger partial charge in [0.25, 0.3) is 0 Å². The highest BCUT2D eigenvalue weighted by Gasteiger charge is 2.14. The standard InChI is InChI=1S/C11H14N4O2/c1-2-17-11(16)9-6-14-15-7-8(3-4-12)5-13-10(9)15/h5-7H,2-4,12H2,1H3. The molecule has 2 heterocycles. The van der Waals surface area contributed by atoms with Crippen molar-refractivity contribution in [2.75, 3.05) is 13.2 Å². The Hall–Kier alpha value is -1.95. The number of esters is 1. The third-order valence-corrected chi connectivity index (χ3v) is 2.34. The molecule has 0 saturated carbocycles. The largest absolute Gasteiger partial charge is 0.462 e. The molecule has 0 unspecified atom stereocenters. The van der Waals surface area contributed by atoms with Gasteiger partial charge in [0, 0.05) is 12.4 Å². The van der Waals surface area contributed by atoms with E-state index in [1.807, 2.05) is 6.20 Å². The van der Waals surface area contributed by atoms with Crippen molar-refractivity contribution in [1.82, 2.24) is 14.6 Å². The van der Waals surface area contributed by atoms with Gasteiger partial charge >= 0.3 is 5.97 Å². The third kappa shape index (κ3) is 2.26. The summed E-state index contributed by atoms with van der Waals surface area (Å²) in [6.07, 6.45) is 5.72. The molecule has 0 spiro atoms. The molecule has 6 nitrogen and oxygen atoms in total. The van der Waals surface area contributed by atoms with Gasteiger partial charge in [-0.15, -0.1) is 0 Å². The number of aromatic nitrogens is 3. The molecule has 0 bridgehead atoms. The first-order valence-corrected chi connectivity index (χ1v) is 5.45.